The smallest absolute Gasteiger partial charge is 0.131 e. The number of aryl methyl sites for hydroxylation is 1. The summed E-state index contributed by atoms with van der Waals surface area (Å²) in [6.07, 6.45) is 0.478. The monoisotopic (exact) mass is 259 g/mol. The molecule has 98 valence electrons. The van der Waals surface area contributed by atoms with Crippen molar-refractivity contribution in [1.29, 1.82) is 0 Å². The fourth-order valence-electron chi connectivity index (χ4n) is 1.72. The first kappa shape index (κ1) is 14.5. The van der Waals surface area contributed by atoms with Gasteiger partial charge in [0.2, 0.25) is 0 Å². The zero-order chi connectivity index (χ0) is 13.0. The Bertz CT molecular complexity index is 361. The average Bonchev–Trinajstić information content (AvgIpc) is 2.51. The number of aliphatic hydroxyl groups excluding tert-OH is 1. The van der Waals surface area contributed by atoms with E-state index in [1.54, 1.807) is 11.6 Å². The molecule has 0 amide bonds. The molecule has 4 nitrogen and oxygen atoms in total. The Labute approximate surface area is 108 Å². The summed E-state index contributed by atoms with van der Waals surface area (Å²) in [5.41, 5.74) is 2.11. The maximum Gasteiger partial charge on any atom is 0.131 e. The van der Waals surface area contributed by atoms with E-state index in [9.17, 15) is 0 Å². The second-order valence-corrected chi connectivity index (χ2v) is 5.11. The van der Waals surface area contributed by atoms with Crippen molar-refractivity contribution in [3.8, 4) is 0 Å². The third kappa shape index (κ3) is 3.98. The summed E-state index contributed by atoms with van der Waals surface area (Å²) in [7, 11) is 1.85. The molecule has 1 heterocycles. The van der Waals surface area contributed by atoms with Gasteiger partial charge >= 0.3 is 0 Å². The van der Waals surface area contributed by atoms with Crippen LogP contribution < -0.4 is 5.32 Å². The van der Waals surface area contributed by atoms with Crippen LogP contribution in [0.25, 0.3) is 0 Å². The maximum absolute atomic E-state index is 9.17. The fourth-order valence-corrected chi connectivity index (χ4v) is 1.92. The van der Waals surface area contributed by atoms with E-state index >= 15 is 0 Å². The standard InChI is InChI=1S/C12H22ClN3O/c1-8(2)11-10(12(13)16(4)15-11)7-14-6-5-9(3)17/h8-9,14,17H,5-7H2,1-4H3. The molecule has 0 spiro atoms. The molecule has 1 atom stereocenters. The van der Waals surface area contributed by atoms with Crippen molar-refractivity contribution in [3.63, 3.8) is 0 Å². The van der Waals surface area contributed by atoms with E-state index in [1.165, 1.54) is 0 Å². The van der Waals surface area contributed by atoms with Crippen molar-refractivity contribution in [2.24, 2.45) is 7.05 Å². The highest BCUT2D eigenvalue weighted by Crippen LogP contribution is 2.24. The molecule has 0 fully saturated rings. The Morgan fingerprint density at radius 2 is 2.06 bits per heavy atom. The lowest BCUT2D eigenvalue weighted by Crippen LogP contribution is -2.19. The van der Waals surface area contributed by atoms with Crippen LogP contribution in [0, 0.1) is 0 Å². The van der Waals surface area contributed by atoms with E-state index in [4.69, 9.17) is 16.7 Å². The molecule has 0 radical (unpaired) electrons. The van der Waals surface area contributed by atoms with Crippen molar-refractivity contribution in [2.45, 2.75) is 45.8 Å². The predicted octanol–water partition coefficient (Wildman–Crippen LogP) is 2.06. The van der Waals surface area contributed by atoms with Gasteiger partial charge < -0.3 is 10.4 Å². The van der Waals surface area contributed by atoms with Crippen LogP contribution in [0.15, 0.2) is 0 Å². The van der Waals surface area contributed by atoms with Gasteiger partial charge in [0.1, 0.15) is 5.15 Å². The minimum Gasteiger partial charge on any atom is -0.393 e. The van der Waals surface area contributed by atoms with E-state index in [-0.39, 0.29) is 6.10 Å². The number of rotatable bonds is 6. The van der Waals surface area contributed by atoms with E-state index in [0.29, 0.717) is 17.6 Å². The molecular formula is C12H22ClN3O. The van der Waals surface area contributed by atoms with Crippen LogP contribution in [0.1, 0.15) is 44.4 Å². The lowest BCUT2D eigenvalue weighted by Gasteiger charge is -2.08. The third-order valence-electron chi connectivity index (χ3n) is 2.69. The van der Waals surface area contributed by atoms with Crippen LogP contribution in [0.4, 0.5) is 0 Å². The molecule has 1 aromatic heterocycles. The van der Waals surface area contributed by atoms with Gasteiger partial charge in [0.25, 0.3) is 0 Å². The minimum atomic E-state index is -0.267. The largest absolute Gasteiger partial charge is 0.393 e. The molecule has 0 saturated carbocycles. The molecule has 0 bridgehead atoms. The van der Waals surface area contributed by atoms with E-state index in [2.05, 4.69) is 24.3 Å². The molecular weight excluding hydrogens is 238 g/mol. The fraction of sp³-hybridized carbons (Fsp3) is 0.750. The van der Waals surface area contributed by atoms with Crippen LogP contribution in [0.5, 0.6) is 0 Å². The number of hydrogen-bond donors (Lipinski definition) is 2. The Balaban J connectivity index is 2.63. The molecule has 2 N–H and O–H groups in total. The number of aliphatic hydroxyl groups is 1. The van der Waals surface area contributed by atoms with Crippen molar-refractivity contribution < 1.29 is 5.11 Å². The minimum absolute atomic E-state index is 0.267. The lowest BCUT2D eigenvalue weighted by molar-refractivity contribution is 0.183. The number of nitrogens with zero attached hydrogens (tertiary/aromatic N) is 2. The highest BCUT2D eigenvalue weighted by Gasteiger charge is 2.16. The number of hydrogen-bond acceptors (Lipinski definition) is 3. The normalized spacial score (nSPS) is 13.4. The molecule has 0 aliphatic rings. The third-order valence-corrected chi connectivity index (χ3v) is 3.16. The second kappa shape index (κ2) is 6.38. The van der Waals surface area contributed by atoms with Gasteiger partial charge in [0.15, 0.2) is 0 Å². The number of aromatic nitrogens is 2. The first-order valence-electron chi connectivity index (χ1n) is 6.03. The lowest BCUT2D eigenvalue weighted by atomic mass is 10.1. The molecule has 5 heteroatoms. The zero-order valence-electron chi connectivity index (χ0n) is 11.0. The van der Waals surface area contributed by atoms with E-state index in [0.717, 1.165) is 24.2 Å². The SMILES string of the molecule is CC(O)CCNCc1c(C(C)C)nn(C)c1Cl. The summed E-state index contributed by atoms with van der Waals surface area (Å²) in [6, 6.07) is 0. The molecule has 0 aromatic carbocycles. The summed E-state index contributed by atoms with van der Waals surface area (Å²) in [5, 5.41) is 17.6. The first-order chi connectivity index (χ1) is 7.93. The van der Waals surface area contributed by atoms with Crippen molar-refractivity contribution in [2.75, 3.05) is 6.54 Å². The Morgan fingerprint density at radius 1 is 1.41 bits per heavy atom. The van der Waals surface area contributed by atoms with Crippen LogP contribution in [0.3, 0.4) is 0 Å². The summed E-state index contributed by atoms with van der Waals surface area (Å²) in [6.45, 7) is 7.49. The van der Waals surface area contributed by atoms with Gasteiger partial charge in [-0.15, -0.1) is 0 Å². The van der Waals surface area contributed by atoms with Crippen molar-refractivity contribution in [1.82, 2.24) is 15.1 Å². The summed E-state index contributed by atoms with van der Waals surface area (Å²) in [5.74, 6) is 0.363. The van der Waals surface area contributed by atoms with E-state index < -0.39 is 0 Å². The quantitative estimate of drug-likeness (QED) is 0.769. The first-order valence-corrected chi connectivity index (χ1v) is 6.41. The highest BCUT2D eigenvalue weighted by molar-refractivity contribution is 6.30. The van der Waals surface area contributed by atoms with Gasteiger partial charge in [0, 0.05) is 19.2 Å². The maximum atomic E-state index is 9.17. The van der Waals surface area contributed by atoms with Crippen molar-refractivity contribution >= 4 is 11.6 Å². The average molecular weight is 260 g/mol. The Hall–Kier alpha value is -0.580. The van der Waals surface area contributed by atoms with Gasteiger partial charge in [-0.05, 0) is 25.8 Å². The zero-order valence-corrected chi connectivity index (χ0v) is 11.8. The van der Waals surface area contributed by atoms with Crippen LogP contribution in [0.2, 0.25) is 5.15 Å². The van der Waals surface area contributed by atoms with Gasteiger partial charge in [-0.1, -0.05) is 25.4 Å². The molecule has 17 heavy (non-hydrogen) atoms. The van der Waals surface area contributed by atoms with Crippen LogP contribution >= 0.6 is 11.6 Å². The van der Waals surface area contributed by atoms with Gasteiger partial charge in [-0.3, -0.25) is 4.68 Å². The summed E-state index contributed by atoms with van der Waals surface area (Å²) >= 11 is 6.21. The number of halogens is 1. The van der Waals surface area contributed by atoms with Gasteiger partial charge in [-0.25, -0.2) is 0 Å². The van der Waals surface area contributed by atoms with E-state index in [1.807, 2.05) is 7.05 Å². The number of nitrogens with one attached hydrogen (secondary N) is 1. The summed E-state index contributed by atoms with van der Waals surface area (Å²) < 4.78 is 1.71. The molecule has 0 aliphatic heterocycles. The summed E-state index contributed by atoms with van der Waals surface area (Å²) in [4.78, 5) is 0. The molecule has 1 rings (SSSR count). The van der Waals surface area contributed by atoms with Gasteiger partial charge in [0.05, 0.1) is 11.8 Å². The second-order valence-electron chi connectivity index (χ2n) is 4.75. The Morgan fingerprint density at radius 3 is 2.59 bits per heavy atom. The Kier molecular flexibility index (Phi) is 5.43. The highest BCUT2D eigenvalue weighted by atomic mass is 35.5. The predicted molar refractivity (Wildman–Crippen MR) is 70.3 cm³/mol. The van der Waals surface area contributed by atoms with Crippen LogP contribution in [-0.2, 0) is 13.6 Å². The van der Waals surface area contributed by atoms with Gasteiger partial charge in [-0.2, -0.15) is 5.10 Å². The molecule has 1 unspecified atom stereocenters. The molecule has 0 saturated heterocycles. The molecule has 0 aliphatic carbocycles. The molecule has 1 aromatic rings. The topological polar surface area (TPSA) is 50.1 Å². The van der Waals surface area contributed by atoms with Crippen LogP contribution in [-0.4, -0.2) is 27.5 Å². The van der Waals surface area contributed by atoms with Crippen molar-refractivity contribution in [3.05, 3.63) is 16.4 Å².